The summed E-state index contributed by atoms with van der Waals surface area (Å²) in [6.45, 7) is 6.01. The Bertz CT molecular complexity index is 981. The third kappa shape index (κ3) is 3.63. The number of carbonyl (C=O) groups is 1. The van der Waals surface area contributed by atoms with Crippen molar-refractivity contribution < 1.29 is 9.18 Å². The molecule has 0 spiro atoms. The van der Waals surface area contributed by atoms with Crippen molar-refractivity contribution in [1.82, 2.24) is 9.78 Å². The summed E-state index contributed by atoms with van der Waals surface area (Å²) in [5.74, 6) is -0.549. The molecule has 26 heavy (non-hydrogen) atoms. The number of anilines is 1. The Morgan fingerprint density at radius 1 is 1.19 bits per heavy atom. The van der Waals surface area contributed by atoms with Gasteiger partial charge in [-0.3, -0.25) is 9.48 Å². The van der Waals surface area contributed by atoms with Crippen molar-refractivity contribution in [3.05, 3.63) is 81.4 Å². The van der Waals surface area contributed by atoms with E-state index in [0.29, 0.717) is 28.5 Å². The predicted molar refractivity (Wildman–Crippen MR) is 101 cm³/mol. The minimum Gasteiger partial charge on any atom is -0.319 e. The molecule has 0 aliphatic heterocycles. The molecule has 134 valence electrons. The quantitative estimate of drug-likeness (QED) is 0.708. The first-order valence-electron chi connectivity index (χ1n) is 8.21. The van der Waals surface area contributed by atoms with Crippen LogP contribution in [0.4, 0.5) is 10.1 Å². The van der Waals surface area contributed by atoms with Crippen LogP contribution in [0.5, 0.6) is 0 Å². The molecule has 0 unspecified atom stereocenters. The number of hydrogen-bond donors (Lipinski definition) is 1. The van der Waals surface area contributed by atoms with Crippen LogP contribution < -0.4 is 5.32 Å². The van der Waals surface area contributed by atoms with Gasteiger partial charge < -0.3 is 5.32 Å². The van der Waals surface area contributed by atoms with E-state index in [1.54, 1.807) is 16.8 Å². The van der Waals surface area contributed by atoms with Gasteiger partial charge in [-0.15, -0.1) is 0 Å². The first-order valence-corrected chi connectivity index (χ1v) is 8.59. The summed E-state index contributed by atoms with van der Waals surface area (Å²) in [6, 6.07) is 11.7. The minimum atomic E-state index is -0.377. The summed E-state index contributed by atoms with van der Waals surface area (Å²) in [5.41, 5.74) is 4.49. The number of nitrogens with one attached hydrogen (secondary N) is 1. The SMILES string of the molecule is Cc1ccccc1C(=O)Nc1c(C)nn(Cc2ccc(F)cc2Cl)c1C. The maximum atomic E-state index is 13.2. The van der Waals surface area contributed by atoms with Gasteiger partial charge in [0.05, 0.1) is 23.6 Å². The van der Waals surface area contributed by atoms with E-state index in [9.17, 15) is 9.18 Å². The largest absolute Gasteiger partial charge is 0.319 e. The number of carbonyl (C=O) groups excluding carboxylic acids is 1. The van der Waals surface area contributed by atoms with Crippen LogP contribution in [0.15, 0.2) is 42.5 Å². The summed E-state index contributed by atoms with van der Waals surface area (Å²) in [5, 5.41) is 7.79. The number of aryl methyl sites for hydroxylation is 2. The number of benzene rings is 2. The zero-order chi connectivity index (χ0) is 18.8. The summed E-state index contributed by atoms with van der Waals surface area (Å²) in [6.07, 6.45) is 0. The van der Waals surface area contributed by atoms with Gasteiger partial charge in [-0.1, -0.05) is 35.9 Å². The topological polar surface area (TPSA) is 46.9 Å². The fourth-order valence-corrected chi connectivity index (χ4v) is 3.08. The van der Waals surface area contributed by atoms with Crippen LogP contribution in [-0.4, -0.2) is 15.7 Å². The standard InChI is InChI=1S/C20H19ClFN3O/c1-12-6-4-5-7-17(12)20(26)23-19-13(2)24-25(14(19)3)11-15-8-9-16(22)10-18(15)21/h4-10H,11H2,1-3H3,(H,23,26). The normalized spacial score (nSPS) is 10.8. The highest BCUT2D eigenvalue weighted by molar-refractivity contribution is 6.31. The van der Waals surface area contributed by atoms with Crippen LogP contribution in [0, 0.1) is 26.6 Å². The van der Waals surface area contributed by atoms with E-state index in [0.717, 1.165) is 16.8 Å². The first-order chi connectivity index (χ1) is 12.4. The summed E-state index contributed by atoms with van der Waals surface area (Å²) in [4.78, 5) is 12.6. The summed E-state index contributed by atoms with van der Waals surface area (Å²) >= 11 is 6.11. The van der Waals surface area contributed by atoms with Gasteiger partial charge in [0, 0.05) is 10.6 Å². The van der Waals surface area contributed by atoms with Crippen molar-refractivity contribution in [2.75, 3.05) is 5.32 Å². The van der Waals surface area contributed by atoms with Crippen LogP contribution in [0.2, 0.25) is 5.02 Å². The van der Waals surface area contributed by atoms with Gasteiger partial charge in [0.2, 0.25) is 0 Å². The number of hydrogen-bond acceptors (Lipinski definition) is 2. The number of nitrogens with zero attached hydrogens (tertiary/aromatic N) is 2. The molecule has 0 saturated carbocycles. The Labute approximate surface area is 156 Å². The molecule has 1 aromatic heterocycles. The van der Waals surface area contributed by atoms with Gasteiger partial charge in [-0.05, 0) is 50.1 Å². The molecule has 6 heteroatoms. The summed E-state index contributed by atoms with van der Waals surface area (Å²) < 4.78 is 15.0. The van der Waals surface area contributed by atoms with Crippen LogP contribution in [0.25, 0.3) is 0 Å². The molecule has 0 bridgehead atoms. The second-order valence-corrected chi connectivity index (χ2v) is 6.62. The van der Waals surface area contributed by atoms with Gasteiger partial charge in [-0.2, -0.15) is 5.10 Å². The zero-order valence-corrected chi connectivity index (χ0v) is 15.6. The number of halogens is 2. The Morgan fingerprint density at radius 2 is 1.92 bits per heavy atom. The Balaban J connectivity index is 1.86. The molecule has 0 fully saturated rings. The van der Waals surface area contributed by atoms with E-state index < -0.39 is 0 Å². The van der Waals surface area contributed by atoms with E-state index in [1.165, 1.54) is 12.1 Å². The molecule has 0 atom stereocenters. The van der Waals surface area contributed by atoms with Crippen LogP contribution in [-0.2, 0) is 6.54 Å². The van der Waals surface area contributed by atoms with Crippen LogP contribution in [0.1, 0.15) is 32.9 Å². The Morgan fingerprint density at radius 3 is 2.62 bits per heavy atom. The first kappa shape index (κ1) is 18.1. The maximum absolute atomic E-state index is 13.2. The highest BCUT2D eigenvalue weighted by Gasteiger charge is 2.17. The van der Waals surface area contributed by atoms with Gasteiger partial charge in [0.25, 0.3) is 5.91 Å². The molecule has 4 nitrogen and oxygen atoms in total. The smallest absolute Gasteiger partial charge is 0.256 e. The molecule has 0 saturated heterocycles. The monoisotopic (exact) mass is 371 g/mol. The average molecular weight is 372 g/mol. The van der Waals surface area contributed by atoms with E-state index >= 15 is 0 Å². The third-order valence-electron chi connectivity index (χ3n) is 4.34. The molecule has 3 aromatic rings. The minimum absolute atomic E-state index is 0.173. The Kier molecular flexibility index (Phi) is 5.09. The highest BCUT2D eigenvalue weighted by Crippen LogP contribution is 2.24. The molecule has 2 aromatic carbocycles. The zero-order valence-electron chi connectivity index (χ0n) is 14.8. The highest BCUT2D eigenvalue weighted by atomic mass is 35.5. The van der Waals surface area contributed by atoms with Gasteiger partial charge >= 0.3 is 0 Å². The van der Waals surface area contributed by atoms with E-state index in [2.05, 4.69) is 10.4 Å². The molecule has 0 aliphatic rings. The molecule has 0 aliphatic carbocycles. The lowest BCUT2D eigenvalue weighted by Crippen LogP contribution is -2.14. The fraction of sp³-hybridized carbons (Fsp3) is 0.200. The second kappa shape index (κ2) is 7.30. The van der Waals surface area contributed by atoms with Crippen molar-refractivity contribution in [3.8, 4) is 0 Å². The number of aromatic nitrogens is 2. The van der Waals surface area contributed by atoms with Crippen molar-refractivity contribution in [2.24, 2.45) is 0 Å². The lowest BCUT2D eigenvalue weighted by atomic mass is 10.1. The maximum Gasteiger partial charge on any atom is 0.256 e. The second-order valence-electron chi connectivity index (χ2n) is 6.21. The van der Waals surface area contributed by atoms with Crippen molar-refractivity contribution in [2.45, 2.75) is 27.3 Å². The van der Waals surface area contributed by atoms with Gasteiger partial charge in [0.1, 0.15) is 5.82 Å². The fourth-order valence-electron chi connectivity index (χ4n) is 2.85. The molecular formula is C20H19ClFN3O. The number of amides is 1. The van der Waals surface area contributed by atoms with E-state index in [1.807, 2.05) is 39.0 Å². The molecule has 3 rings (SSSR count). The Hall–Kier alpha value is -2.66. The van der Waals surface area contributed by atoms with Crippen LogP contribution in [0.3, 0.4) is 0 Å². The molecule has 1 N–H and O–H groups in total. The van der Waals surface area contributed by atoms with Crippen molar-refractivity contribution >= 4 is 23.2 Å². The van der Waals surface area contributed by atoms with Crippen LogP contribution >= 0.6 is 11.6 Å². The molecular weight excluding hydrogens is 353 g/mol. The van der Waals surface area contributed by atoms with Crippen molar-refractivity contribution in [3.63, 3.8) is 0 Å². The molecule has 1 heterocycles. The summed E-state index contributed by atoms with van der Waals surface area (Å²) in [7, 11) is 0. The third-order valence-corrected chi connectivity index (χ3v) is 4.70. The van der Waals surface area contributed by atoms with E-state index in [4.69, 9.17) is 11.6 Å². The van der Waals surface area contributed by atoms with Gasteiger partial charge in [0.15, 0.2) is 0 Å². The lowest BCUT2D eigenvalue weighted by Gasteiger charge is -2.09. The average Bonchev–Trinajstić information content (AvgIpc) is 2.85. The van der Waals surface area contributed by atoms with Crippen molar-refractivity contribution in [1.29, 1.82) is 0 Å². The number of rotatable bonds is 4. The predicted octanol–water partition coefficient (Wildman–Crippen LogP) is 4.90. The molecule has 1 amide bonds. The van der Waals surface area contributed by atoms with Gasteiger partial charge in [-0.25, -0.2) is 4.39 Å². The molecule has 0 radical (unpaired) electrons. The van der Waals surface area contributed by atoms with E-state index in [-0.39, 0.29) is 11.7 Å². The lowest BCUT2D eigenvalue weighted by molar-refractivity contribution is 0.102.